The lowest BCUT2D eigenvalue weighted by Crippen LogP contribution is -2.32. The zero-order valence-electron chi connectivity index (χ0n) is 12.9. The summed E-state index contributed by atoms with van der Waals surface area (Å²) in [4.78, 5) is 21.5. The molecule has 1 saturated heterocycles. The molecule has 25 heavy (non-hydrogen) atoms. The van der Waals surface area contributed by atoms with E-state index < -0.39 is 29.8 Å². The largest absolute Gasteiger partial charge is 0.416 e. The van der Waals surface area contributed by atoms with Crippen molar-refractivity contribution in [3.63, 3.8) is 0 Å². The van der Waals surface area contributed by atoms with Gasteiger partial charge < -0.3 is 15.7 Å². The third kappa shape index (κ3) is 3.41. The molecular weight excluding hydrogens is 337 g/mol. The van der Waals surface area contributed by atoms with Gasteiger partial charge in [-0.2, -0.15) is 13.2 Å². The molecule has 3 rings (SSSR count). The molecule has 2 heterocycles. The Morgan fingerprint density at radius 1 is 1.36 bits per heavy atom. The zero-order valence-corrected chi connectivity index (χ0v) is 12.9. The molecule has 1 aromatic heterocycles. The van der Waals surface area contributed by atoms with Crippen molar-refractivity contribution in [2.75, 3.05) is 12.3 Å². The van der Waals surface area contributed by atoms with Crippen molar-refractivity contribution in [1.29, 1.82) is 0 Å². The second-order valence-corrected chi connectivity index (χ2v) is 5.81. The summed E-state index contributed by atoms with van der Waals surface area (Å²) >= 11 is 0. The highest BCUT2D eigenvalue weighted by atomic mass is 19.4. The lowest BCUT2D eigenvalue weighted by atomic mass is 10.0. The first kappa shape index (κ1) is 17.2. The average molecular weight is 352 g/mol. The van der Waals surface area contributed by atoms with E-state index in [-0.39, 0.29) is 24.3 Å². The van der Waals surface area contributed by atoms with E-state index in [1.807, 2.05) is 0 Å². The minimum atomic E-state index is -4.49. The van der Waals surface area contributed by atoms with Crippen LogP contribution >= 0.6 is 0 Å². The number of hydrogen-bond acceptors (Lipinski definition) is 5. The van der Waals surface area contributed by atoms with Crippen LogP contribution in [-0.4, -0.2) is 38.5 Å². The molecule has 132 valence electrons. The van der Waals surface area contributed by atoms with Crippen molar-refractivity contribution >= 4 is 11.7 Å². The van der Waals surface area contributed by atoms with Crippen LogP contribution in [0.25, 0.3) is 0 Å². The molecule has 0 saturated carbocycles. The molecule has 1 amide bonds. The number of benzene rings is 1. The van der Waals surface area contributed by atoms with Crippen molar-refractivity contribution in [2.24, 2.45) is 0 Å². The van der Waals surface area contributed by atoms with Gasteiger partial charge in [0.15, 0.2) is 0 Å². The molecular formula is C16H15F3N4O2. The van der Waals surface area contributed by atoms with Gasteiger partial charge >= 0.3 is 6.18 Å². The molecule has 3 N–H and O–H groups in total. The van der Waals surface area contributed by atoms with Gasteiger partial charge in [0.2, 0.25) is 0 Å². The van der Waals surface area contributed by atoms with Gasteiger partial charge in [0.05, 0.1) is 17.7 Å². The molecule has 1 fully saturated rings. The highest BCUT2D eigenvalue weighted by Gasteiger charge is 2.38. The van der Waals surface area contributed by atoms with Gasteiger partial charge in [0, 0.05) is 12.7 Å². The van der Waals surface area contributed by atoms with E-state index >= 15 is 0 Å². The first-order valence-corrected chi connectivity index (χ1v) is 7.49. The predicted octanol–water partition coefficient (Wildman–Crippen LogP) is 2.03. The first-order valence-electron chi connectivity index (χ1n) is 7.49. The number of hydrogen-bond donors (Lipinski definition) is 2. The summed E-state index contributed by atoms with van der Waals surface area (Å²) in [6, 6.07) is 4.05. The smallest absolute Gasteiger partial charge is 0.391 e. The van der Waals surface area contributed by atoms with E-state index in [0.717, 1.165) is 12.1 Å². The predicted molar refractivity (Wildman–Crippen MR) is 82.3 cm³/mol. The number of aliphatic hydroxyl groups is 1. The number of carbonyl (C=O) groups excluding carboxylic acids is 1. The molecule has 2 unspecified atom stereocenters. The minimum absolute atomic E-state index is 0.00587. The summed E-state index contributed by atoms with van der Waals surface area (Å²) in [7, 11) is 0. The summed E-state index contributed by atoms with van der Waals surface area (Å²) in [5, 5.41) is 9.95. The fourth-order valence-corrected chi connectivity index (χ4v) is 2.94. The van der Waals surface area contributed by atoms with Gasteiger partial charge in [-0.1, -0.05) is 12.1 Å². The number of carbonyl (C=O) groups is 1. The summed E-state index contributed by atoms with van der Waals surface area (Å²) in [6.45, 7) is -0.00587. The Labute approximate surface area is 141 Å². The molecule has 2 aromatic rings. The maximum atomic E-state index is 12.9. The van der Waals surface area contributed by atoms with Crippen LogP contribution < -0.4 is 5.73 Å². The van der Waals surface area contributed by atoms with Gasteiger partial charge in [-0.05, 0) is 24.1 Å². The molecule has 0 aliphatic carbocycles. The number of aromatic nitrogens is 2. The molecule has 1 aromatic carbocycles. The molecule has 9 heteroatoms. The Bertz CT molecular complexity index is 797. The zero-order chi connectivity index (χ0) is 18.2. The van der Waals surface area contributed by atoms with Crippen LogP contribution in [0.15, 0.2) is 36.8 Å². The van der Waals surface area contributed by atoms with Crippen LogP contribution in [0.2, 0.25) is 0 Å². The van der Waals surface area contributed by atoms with Crippen LogP contribution in [0.4, 0.5) is 19.0 Å². The van der Waals surface area contributed by atoms with E-state index in [1.54, 1.807) is 0 Å². The van der Waals surface area contributed by atoms with Gasteiger partial charge in [0.1, 0.15) is 17.7 Å². The quantitative estimate of drug-likeness (QED) is 0.863. The number of nitrogen functional groups attached to an aromatic ring is 1. The fraction of sp³-hybridized carbons (Fsp3) is 0.312. The maximum Gasteiger partial charge on any atom is 0.416 e. The summed E-state index contributed by atoms with van der Waals surface area (Å²) in [6.07, 6.45) is -2.75. The Morgan fingerprint density at radius 2 is 2.12 bits per heavy atom. The van der Waals surface area contributed by atoms with Gasteiger partial charge in [-0.15, -0.1) is 0 Å². The molecule has 0 bridgehead atoms. The summed E-state index contributed by atoms with van der Waals surface area (Å²) in [5.74, 6) is -0.554. The van der Waals surface area contributed by atoms with Gasteiger partial charge in [0.25, 0.3) is 5.91 Å². The first-order chi connectivity index (χ1) is 11.8. The van der Waals surface area contributed by atoms with Crippen LogP contribution in [0.3, 0.4) is 0 Å². The number of alkyl halides is 3. The van der Waals surface area contributed by atoms with Crippen LogP contribution in [0, 0.1) is 0 Å². The van der Waals surface area contributed by atoms with Crippen molar-refractivity contribution in [3.8, 4) is 0 Å². The average Bonchev–Trinajstić information content (AvgIpc) is 2.96. The maximum absolute atomic E-state index is 12.9. The Kier molecular flexibility index (Phi) is 4.34. The highest BCUT2D eigenvalue weighted by Crippen LogP contribution is 2.37. The van der Waals surface area contributed by atoms with E-state index in [0.29, 0.717) is 5.56 Å². The van der Waals surface area contributed by atoms with Crippen molar-refractivity contribution in [2.45, 2.75) is 24.7 Å². The van der Waals surface area contributed by atoms with Gasteiger partial charge in [-0.3, -0.25) is 4.79 Å². The van der Waals surface area contributed by atoms with Crippen LogP contribution in [0.1, 0.15) is 33.9 Å². The number of rotatable bonds is 2. The van der Waals surface area contributed by atoms with E-state index in [1.165, 1.54) is 29.6 Å². The van der Waals surface area contributed by atoms with Crippen molar-refractivity contribution in [3.05, 3.63) is 53.5 Å². The summed E-state index contributed by atoms with van der Waals surface area (Å²) in [5.41, 5.74) is 5.23. The Morgan fingerprint density at radius 3 is 2.80 bits per heavy atom. The van der Waals surface area contributed by atoms with E-state index in [2.05, 4.69) is 9.97 Å². The molecule has 0 spiro atoms. The lowest BCUT2D eigenvalue weighted by molar-refractivity contribution is -0.137. The monoisotopic (exact) mass is 352 g/mol. The van der Waals surface area contributed by atoms with Crippen LogP contribution in [-0.2, 0) is 6.18 Å². The normalized spacial score (nSPS) is 20.7. The Balaban J connectivity index is 1.95. The second-order valence-electron chi connectivity index (χ2n) is 5.81. The number of aliphatic hydroxyl groups excluding tert-OH is 1. The fourth-order valence-electron chi connectivity index (χ4n) is 2.94. The topological polar surface area (TPSA) is 92.3 Å². The highest BCUT2D eigenvalue weighted by molar-refractivity contribution is 5.98. The van der Waals surface area contributed by atoms with Crippen molar-refractivity contribution in [1.82, 2.24) is 14.9 Å². The standard InChI is InChI=1S/C16H15F3N4O2/c17-16(18,19)10-3-1-2-9(4-10)13-5-11(24)7-23(13)15(25)12-6-21-8-22-14(12)20/h1-4,6,8,11,13,24H,5,7H2,(H2,20,21,22). The number of β-amino-alcohol motifs (C(OH)–C–C–N with tert-alkyl or cyclic N) is 1. The van der Waals surface area contributed by atoms with Crippen molar-refractivity contribution < 1.29 is 23.1 Å². The number of nitrogens with two attached hydrogens (primary N) is 1. The molecule has 1 aliphatic heterocycles. The van der Waals surface area contributed by atoms with Crippen LogP contribution in [0.5, 0.6) is 0 Å². The molecule has 2 atom stereocenters. The second kappa shape index (κ2) is 6.32. The molecule has 0 radical (unpaired) electrons. The SMILES string of the molecule is Nc1ncncc1C(=O)N1CC(O)CC1c1cccc(C(F)(F)F)c1. The number of amides is 1. The minimum Gasteiger partial charge on any atom is -0.391 e. The molecule has 6 nitrogen and oxygen atoms in total. The van der Waals surface area contributed by atoms with E-state index in [4.69, 9.17) is 5.73 Å². The lowest BCUT2D eigenvalue weighted by Gasteiger charge is -2.25. The number of halogens is 3. The Hall–Kier alpha value is -2.68. The number of anilines is 1. The molecule has 1 aliphatic rings. The summed E-state index contributed by atoms with van der Waals surface area (Å²) < 4.78 is 38.8. The third-order valence-corrected chi connectivity index (χ3v) is 4.11. The number of likely N-dealkylation sites (tertiary alicyclic amines) is 1. The van der Waals surface area contributed by atoms with E-state index in [9.17, 15) is 23.1 Å². The number of nitrogens with zero attached hydrogens (tertiary/aromatic N) is 3. The van der Waals surface area contributed by atoms with Gasteiger partial charge in [-0.25, -0.2) is 9.97 Å². The third-order valence-electron chi connectivity index (χ3n) is 4.11.